The lowest BCUT2D eigenvalue weighted by Gasteiger charge is -2.15. The van der Waals surface area contributed by atoms with E-state index in [9.17, 15) is 14.9 Å². The van der Waals surface area contributed by atoms with Crippen molar-refractivity contribution in [2.45, 2.75) is 25.3 Å². The second kappa shape index (κ2) is 6.99. The van der Waals surface area contributed by atoms with E-state index in [2.05, 4.69) is 5.32 Å². The van der Waals surface area contributed by atoms with E-state index in [1.165, 1.54) is 18.2 Å². The number of carbonyl (C=O) groups is 1. The molecule has 1 saturated carbocycles. The van der Waals surface area contributed by atoms with Crippen molar-refractivity contribution in [1.82, 2.24) is 5.32 Å². The summed E-state index contributed by atoms with van der Waals surface area (Å²) < 4.78 is 0. The fourth-order valence-electron chi connectivity index (χ4n) is 2.25. The van der Waals surface area contributed by atoms with Crippen molar-refractivity contribution >= 4 is 17.7 Å². The Balaban J connectivity index is 2.00. The summed E-state index contributed by atoms with van der Waals surface area (Å²) in [5, 5.41) is 22.7. The normalized spacial score (nSPS) is 15.9. The lowest BCUT2D eigenvalue weighted by atomic mass is 10.1. The van der Waals surface area contributed by atoms with Crippen molar-refractivity contribution < 1.29 is 14.8 Å². The van der Waals surface area contributed by atoms with Gasteiger partial charge in [0.25, 0.3) is 5.69 Å². The van der Waals surface area contributed by atoms with Gasteiger partial charge in [0, 0.05) is 24.8 Å². The van der Waals surface area contributed by atoms with Gasteiger partial charge in [0.2, 0.25) is 5.91 Å². The molecule has 0 aromatic heterocycles. The Bertz CT molecular complexity index is 552. The van der Waals surface area contributed by atoms with Crippen LogP contribution in [0.15, 0.2) is 30.3 Å². The zero-order valence-corrected chi connectivity index (χ0v) is 11.6. The Kier molecular flexibility index (Phi) is 5.05. The molecule has 0 spiro atoms. The van der Waals surface area contributed by atoms with Crippen molar-refractivity contribution in [2.75, 3.05) is 6.61 Å². The zero-order valence-electron chi connectivity index (χ0n) is 11.6. The summed E-state index contributed by atoms with van der Waals surface area (Å²) in [5.74, 6) is 0.152. The molecule has 2 N–H and O–H groups in total. The largest absolute Gasteiger partial charge is 0.396 e. The molecule has 0 radical (unpaired) electrons. The van der Waals surface area contributed by atoms with E-state index in [-0.39, 0.29) is 24.2 Å². The molecule has 1 aliphatic rings. The summed E-state index contributed by atoms with van der Waals surface area (Å²) in [6, 6.07) is 6.24. The second-order valence-corrected chi connectivity index (χ2v) is 5.11. The minimum Gasteiger partial charge on any atom is -0.396 e. The molecule has 1 amide bonds. The van der Waals surface area contributed by atoms with Crippen LogP contribution < -0.4 is 5.32 Å². The Hall–Kier alpha value is -2.21. The Morgan fingerprint density at radius 3 is 2.81 bits per heavy atom. The molecule has 1 unspecified atom stereocenters. The molecule has 112 valence electrons. The molecule has 1 aromatic rings. The van der Waals surface area contributed by atoms with Gasteiger partial charge in [0.1, 0.15) is 0 Å². The molecule has 1 fully saturated rings. The molecule has 1 aromatic carbocycles. The van der Waals surface area contributed by atoms with E-state index in [4.69, 9.17) is 5.11 Å². The zero-order chi connectivity index (χ0) is 15.2. The molecule has 0 saturated heterocycles. The van der Waals surface area contributed by atoms with Crippen LogP contribution in [0, 0.1) is 16.0 Å². The Morgan fingerprint density at radius 2 is 2.19 bits per heavy atom. The number of nitrogens with one attached hydrogen (secondary N) is 1. The number of hydrogen-bond donors (Lipinski definition) is 2. The standard InChI is InChI=1S/C15H18N2O4/c18-10-9-13(11-5-6-11)16-15(19)8-7-12-3-1-2-4-14(12)17(20)21/h1-4,7-8,11,13,18H,5-6,9-10H2,(H,16,19)/b8-7+. The highest BCUT2D eigenvalue weighted by atomic mass is 16.6. The van der Waals surface area contributed by atoms with E-state index >= 15 is 0 Å². The highest BCUT2D eigenvalue weighted by molar-refractivity contribution is 5.92. The third-order valence-electron chi connectivity index (χ3n) is 3.51. The summed E-state index contributed by atoms with van der Waals surface area (Å²) in [5.41, 5.74) is 0.360. The Labute approximate surface area is 122 Å². The highest BCUT2D eigenvalue weighted by Crippen LogP contribution is 2.33. The summed E-state index contributed by atoms with van der Waals surface area (Å²) in [4.78, 5) is 22.3. The van der Waals surface area contributed by atoms with Crippen molar-refractivity contribution in [1.29, 1.82) is 0 Å². The molecule has 0 heterocycles. The maximum atomic E-state index is 11.9. The predicted octanol–water partition coefficient (Wildman–Crippen LogP) is 1.89. The van der Waals surface area contributed by atoms with Crippen molar-refractivity contribution in [3.63, 3.8) is 0 Å². The monoisotopic (exact) mass is 290 g/mol. The summed E-state index contributed by atoms with van der Waals surface area (Å²) in [6.45, 7) is 0.0370. The van der Waals surface area contributed by atoms with Crippen LogP contribution in [0.2, 0.25) is 0 Å². The number of amides is 1. The van der Waals surface area contributed by atoms with Crippen LogP contribution in [0.4, 0.5) is 5.69 Å². The van der Waals surface area contributed by atoms with Crippen LogP contribution in [0.25, 0.3) is 6.08 Å². The average molecular weight is 290 g/mol. The SMILES string of the molecule is O=C(/C=C/c1ccccc1[N+](=O)[O-])NC(CCO)C1CC1. The van der Waals surface area contributed by atoms with Gasteiger partial charge >= 0.3 is 0 Å². The van der Waals surface area contributed by atoms with E-state index in [1.54, 1.807) is 18.2 Å². The van der Waals surface area contributed by atoms with Crippen LogP contribution in [0.3, 0.4) is 0 Å². The molecule has 0 aliphatic heterocycles. The number of carbonyl (C=O) groups excluding carboxylic acids is 1. The van der Waals surface area contributed by atoms with Crippen LogP contribution >= 0.6 is 0 Å². The first kappa shape index (κ1) is 15.2. The summed E-state index contributed by atoms with van der Waals surface area (Å²) in [7, 11) is 0. The van der Waals surface area contributed by atoms with E-state index in [0.29, 0.717) is 17.9 Å². The third kappa shape index (κ3) is 4.39. The molecular formula is C15H18N2O4. The Morgan fingerprint density at radius 1 is 1.48 bits per heavy atom. The highest BCUT2D eigenvalue weighted by Gasteiger charge is 2.31. The number of rotatable bonds is 7. The lowest BCUT2D eigenvalue weighted by molar-refractivity contribution is -0.385. The first-order chi connectivity index (χ1) is 10.1. The maximum Gasteiger partial charge on any atom is 0.276 e. The van der Waals surface area contributed by atoms with E-state index in [1.807, 2.05) is 0 Å². The van der Waals surface area contributed by atoms with Gasteiger partial charge in [0.15, 0.2) is 0 Å². The average Bonchev–Trinajstić information content (AvgIpc) is 3.29. The summed E-state index contributed by atoms with van der Waals surface area (Å²) >= 11 is 0. The van der Waals surface area contributed by atoms with Crippen LogP contribution in [0.5, 0.6) is 0 Å². The number of nitro benzene ring substituents is 1. The van der Waals surface area contributed by atoms with Gasteiger partial charge in [-0.15, -0.1) is 0 Å². The van der Waals surface area contributed by atoms with Gasteiger partial charge in [-0.3, -0.25) is 14.9 Å². The number of hydrogen-bond acceptors (Lipinski definition) is 4. The third-order valence-corrected chi connectivity index (χ3v) is 3.51. The van der Waals surface area contributed by atoms with E-state index in [0.717, 1.165) is 12.8 Å². The van der Waals surface area contributed by atoms with Gasteiger partial charge < -0.3 is 10.4 Å². The molecule has 6 heteroatoms. The first-order valence-electron chi connectivity index (χ1n) is 6.94. The second-order valence-electron chi connectivity index (χ2n) is 5.11. The van der Waals surface area contributed by atoms with Gasteiger partial charge in [-0.2, -0.15) is 0 Å². The van der Waals surface area contributed by atoms with Gasteiger partial charge in [-0.05, 0) is 37.3 Å². The van der Waals surface area contributed by atoms with Gasteiger partial charge in [-0.25, -0.2) is 0 Å². The van der Waals surface area contributed by atoms with Gasteiger partial charge in [-0.1, -0.05) is 12.1 Å². The predicted molar refractivity (Wildman–Crippen MR) is 78.5 cm³/mol. The number of para-hydroxylation sites is 1. The van der Waals surface area contributed by atoms with Crippen LogP contribution in [-0.4, -0.2) is 28.6 Å². The molecule has 2 rings (SSSR count). The first-order valence-corrected chi connectivity index (χ1v) is 6.94. The quantitative estimate of drug-likeness (QED) is 0.455. The number of aliphatic hydroxyl groups is 1. The number of nitrogens with zero attached hydrogens (tertiary/aromatic N) is 1. The lowest BCUT2D eigenvalue weighted by Crippen LogP contribution is -2.36. The molecule has 21 heavy (non-hydrogen) atoms. The molecule has 1 aliphatic carbocycles. The number of benzene rings is 1. The van der Waals surface area contributed by atoms with E-state index < -0.39 is 4.92 Å². The minimum absolute atomic E-state index is 0.0158. The maximum absolute atomic E-state index is 11.9. The molecular weight excluding hydrogens is 272 g/mol. The smallest absolute Gasteiger partial charge is 0.276 e. The minimum atomic E-state index is -0.476. The molecule has 6 nitrogen and oxygen atoms in total. The molecule has 1 atom stereocenters. The van der Waals surface area contributed by atoms with Gasteiger partial charge in [0.05, 0.1) is 10.5 Å². The van der Waals surface area contributed by atoms with Crippen LogP contribution in [-0.2, 0) is 4.79 Å². The van der Waals surface area contributed by atoms with Crippen molar-refractivity contribution in [3.05, 3.63) is 46.0 Å². The fraction of sp³-hybridized carbons (Fsp3) is 0.400. The topological polar surface area (TPSA) is 92.5 Å². The van der Waals surface area contributed by atoms with Crippen molar-refractivity contribution in [3.8, 4) is 0 Å². The van der Waals surface area contributed by atoms with Crippen LogP contribution in [0.1, 0.15) is 24.8 Å². The number of aliphatic hydroxyl groups excluding tert-OH is 1. The fourth-order valence-corrected chi connectivity index (χ4v) is 2.25. The van der Waals surface area contributed by atoms with Crippen molar-refractivity contribution in [2.24, 2.45) is 5.92 Å². The number of nitro groups is 1. The summed E-state index contributed by atoms with van der Waals surface area (Å²) in [6.07, 6.45) is 5.42. The molecule has 0 bridgehead atoms.